The van der Waals surface area contributed by atoms with Crippen molar-refractivity contribution in [2.24, 2.45) is 5.73 Å². The maximum absolute atomic E-state index is 11.6. The fourth-order valence-electron chi connectivity index (χ4n) is 2.39. The zero-order chi connectivity index (χ0) is 15.5. The normalized spacial score (nSPS) is 12.9. The van der Waals surface area contributed by atoms with Gasteiger partial charge in [-0.2, -0.15) is 0 Å². The van der Waals surface area contributed by atoms with Gasteiger partial charge in [0, 0.05) is 12.6 Å². The fraction of sp³-hybridized carbons (Fsp3) is 0.562. The molecule has 0 saturated carbocycles. The molecule has 0 fully saturated rings. The van der Waals surface area contributed by atoms with Crippen LogP contribution in [0.4, 0.5) is 4.79 Å². The summed E-state index contributed by atoms with van der Waals surface area (Å²) in [6.07, 6.45) is -0.435. The summed E-state index contributed by atoms with van der Waals surface area (Å²) >= 11 is 0. The van der Waals surface area contributed by atoms with Crippen LogP contribution in [0.15, 0.2) is 12.1 Å². The van der Waals surface area contributed by atoms with E-state index in [2.05, 4.69) is 24.4 Å². The second-order valence-corrected chi connectivity index (χ2v) is 6.30. The smallest absolute Gasteiger partial charge is 0.407 e. The number of benzene rings is 1. The van der Waals surface area contributed by atoms with Gasteiger partial charge in [-0.05, 0) is 58.2 Å². The number of amides is 1. The lowest BCUT2D eigenvalue weighted by Crippen LogP contribution is -2.37. The van der Waals surface area contributed by atoms with Crippen LogP contribution in [0.25, 0.3) is 0 Å². The summed E-state index contributed by atoms with van der Waals surface area (Å²) in [6.45, 7) is 12.0. The van der Waals surface area contributed by atoms with Gasteiger partial charge in [0.2, 0.25) is 0 Å². The van der Waals surface area contributed by atoms with E-state index in [0.29, 0.717) is 6.54 Å². The molecule has 1 amide bonds. The number of hydrogen-bond donors (Lipinski definition) is 2. The average Bonchev–Trinajstić information content (AvgIpc) is 2.22. The first-order valence-electron chi connectivity index (χ1n) is 6.90. The SMILES string of the molecule is Cc1cc(C)c(C(N)CNC(=O)OC(C)(C)C)c(C)c1. The molecule has 1 atom stereocenters. The molecule has 1 rings (SSSR count). The number of nitrogens with two attached hydrogens (primary N) is 1. The molecule has 0 aliphatic carbocycles. The highest BCUT2D eigenvalue weighted by atomic mass is 16.6. The molecule has 4 heteroatoms. The number of nitrogens with one attached hydrogen (secondary N) is 1. The van der Waals surface area contributed by atoms with Crippen LogP contribution in [-0.4, -0.2) is 18.2 Å². The zero-order valence-corrected chi connectivity index (χ0v) is 13.3. The molecule has 0 bridgehead atoms. The average molecular weight is 278 g/mol. The number of aryl methyl sites for hydroxylation is 3. The van der Waals surface area contributed by atoms with Crippen molar-refractivity contribution in [3.8, 4) is 0 Å². The maximum atomic E-state index is 11.6. The van der Waals surface area contributed by atoms with Gasteiger partial charge in [-0.15, -0.1) is 0 Å². The van der Waals surface area contributed by atoms with Crippen molar-refractivity contribution in [2.45, 2.75) is 53.2 Å². The predicted molar refractivity (Wildman–Crippen MR) is 81.8 cm³/mol. The zero-order valence-electron chi connectivity index (χ0n) is 13.3. The van der Waals surface area contributed by atoms with Crippen LogP contribution in [0.2, 0.25) is 0 Å². The Hall–Kier alpha value is -1.55. The number of carbonyl (C=O) groups excluding carboxylic acids is 1. The van der Waals surface area contributed by atoms with E-state index in [0.717, 1.165) is 16.7 Å². The number of carbonyl (C=O) groups is 1. The lowest BCUT2D eigenvalue weighted by molar-refractivity contribution is 0.0524. The molecule has 0 spiro atoms. The van der Waals surface area contributed by atoms with Gasteiger partial charge in [-0.3, -0.25) is 0 Å². The molecule has 0 aliphatic rings. The summed E-state index contributed by atoms with van der Waals surface area (Å²) in [5.41, 5.74) is 10.3. The van der Waals surface area contributed by atoms with Crippen molar-refractivity contribution in [1.82, 2.24) is 5.32 Å². The van der Waals surface area contributed by atoms with E-state index in [4.69, 9.17) is 10.5 Å². The number of ether oxygens (including phenoxy) is 1. The van der Waals surface area contributed by atoms with Crippen molar-refractivity contribution < 1.29 is 9.53 Å². The van der Waals surface area contributed by atoms with Crippen LogP contribution in [0, 0.1) is 20.8 Å². The van der Waals surface area contributed by atoms with Gasteiger partial charge >= 0.3 is 6.09 Å². The van der Waals surface area contributed by atoms with Gasteiger partial charge in [0.25, 0.3) is 0 Å². The van der Waals surface area contributed by atoms with E-state index in [-0.39, 0.29) is 6.04 Å². The third-order valence-corrected chi connectivity index (χ3v) is 2.97. The predicted octanol–water partition coefficient (Wildman–Crippen LogP) is 3.14. The Balaban J connectivity index is 2.69. The van der Waals surface area contributed by atoms with E-state index < -0.39 is 11.7 Å². The fourth-order valence-corrected chi connectivity index (χ4v) is 2.39. The topological polar surface area (TPSA) is 64.3 Å². The monoisotopic (exact) mass is 278 g/mol. The highest BCUT2D eigenvalue weighted by molar-refractivity contribution is 5.67. The van der Waals surface area contributed by atoms with Gasteiger partial charge in [0.1, 0.15) is 5.60 Å². The minimum absolute atomic E-state index is 0.233. The molecule has 0 radical (unpaired) electrons. The minimum Gasteiger partial charge on any atom is -0.444 e. The van der Waals surface area contributed by atoms with Crippen molar-refractivity contribution in [1.29, 1.82) is 0 Å². The molecule has 3 N–H and O–H groups in total. The van der Waals surface area contributed by atoms with Crippen LogP contribution in [-0.2, 0) is 4.74 Å². The highest BCUT2D eigenvalue weighted by Gasteiger charge is 2.18. The molecular formula is C16H26N2O2. The third-order valence-electron chi connectivity index (χ3n) is 2.97. The molecule has 1 unspecified atom stereocenters. The largest absolute Gasteiger partial charge is 0.444 e. The Bertz CT molecular complexity index is 467. The minimum atomic E-state index is -0.496. The van der Waals surface area contributed by atoms with Crippen LogP contribution in [0.1, 0.15) is 49.1 Å². The summed E-state index contributed by atoms with van der Waals surface area (Å²) in [7, 11) is 0. The van der Waals surface area contributed by atoms with Crippen LogP contribution < -0.4 is 11.1 Å². The Morgan fingerprint density at radius 3 is 2.20 bits per heavy atom. The summed E-state index contributed by atoms with van der Waals surface area (Å²) in [5.74, 6) is 0. The van der Waals surface area contributed by atoms with Crippen molar-refractivity contribution >= 4 is 6.09 Å². The van der Waals surface area contributed by atoms with E-state index in [1.807, 2.05) is 34.6 Å². The first-order chi connectivity index (χ1) is 9.10. The first kappa shape index (κ1) is 16.5. The van der Waals surface area contributed by atoms with Crippen molar-refractivity contribution in [3.05, 3.63) is 34.4 Å². The third kappa shape index (κ3) is 4.85. The summed E-state index contributed by atoms with van der Waals surface area (Å²) in [5, 5.41) is 2.72. The van der Waals surface area contributed by atoms with Gasteiger partial charge in [0.15, 0.2) is 0 Å². The Labute approximate surface area is 121 Å². The Morgan fingerprint density at radius 1 is 1.25 bits per heavy atom. The van der Waals surface area contributed by atoms with E-state index in [1.165, 1.54) is 5.56 Å². The van der Waals surface area contributed by atoms with E-state index in [9.17, 15) is 4.79 Å². The number of hydrogen-bond acceptors (Lipinski definition) is 3. The maximum Gasteiger partial charge on any atom is 0.407 e. The first-order valence-corrected chi connectivity index (χ1v) is 6.90. The molecule has 0 aliphatic heterocycles. The second kappa shape index (κ2) is 6.27. The summed E-state index contributed by atoms with van der Waals surface area (Å²) in [6, 6.07) is 3.98. The quantitative estimate of drug-likeness (QED) is 0.892. The molecule has 4 nitrogen and oxygen atoms in total. The lowest BCUT2D eigenvalue weighted by Gasteiger charge is -2.22. The molecule has 1 aromatic rings. The van der Waals surface area contributed by atoms with Gasteiger partial charge in [-0.25, -0.2) is 4.79 Å². The standard InChI is InChI=1S/C16H26N2O2/c1-10-7-11(2)14(12(3)8-10)13(17)9-18-15(19)20-16(4,5)6/h7-8,13H,9,17H2,1-6H3,(H,18,19). The van der Waals surface area contributed by atoms with Gasteiger partial charge < -0.3 is 15.8 Å². The number of alkyl carbamates (subject to hydrolysis) is 1. The number of rotatable bonds is 3. The summed E-state index contributed by atoms with van der Waals surface area (Å²) < 4.78 is 5.20. The molecule has 112 valence electrons. The molecule has 0 aromatic heterocycles. The van der Waals surface area contributed by atoms with Crippen molar-refractivity contribution in [2.75, 3.05) is 6.54 Å². The lowest BCUT2D eigenvalue weighted by atomic mass is 9.94. The highest BCUT2D eigenvalue weighted by Crippen LogP contribution is 2.21. The molecular weight excluding hydrogens is 252 g/mol. The molecule has 1 aromatic carbocycles. The summed E-state index contributed by atoms with van der Waals surface area (Å²) in [4.78, 5) is 11.6. The van der Waals surface area contributed by atoms with Gasteiger partial charge in [0.05, 0.1) is 0 Å². The second-order valence-electron chi connectivity index (χ2n) is 6.30. The van der Waals surface area contributed by atoms with Crippen LogP contribution >= 0.6 is 0 Å². The van der Waals surface area contributed by atoms with E-state index in [1.54, 1.807) is 0 Å². The van der Waals surface area contributed by atoms with Gasteiger partial charge in [-0.1, -0.05) is 17.7 Å². The molecule has 20 heavy (non-hydrogen) atoms. The van der Waals surface area contributed by atoms with Crippen LogP contribution in [0.5, 0.6) is 0 Å². The Kier molecular flexibility index (Phi) is 5.17. The van der Waals surface area contributed by atoms with Crippen molar-refractivity contribution in [3.63, 3.8) is 0 Å². The van der Waals surface area contributed by atoms with Crippen LogP contribution in [0.3, 0.4) is 0 Å². The Morgan fingerprint density at radius 2 is 1.75 bits per heavy atom. The molecule has 0 heterocycles. The van der Waals surface area contributed by atoms with E-state index >= 15 is 0 Å². The molecule has 0 saturated heterocycles.